The molecule has 0 bridgehead atoms. The van der Waals surface area contributed by atoms with E-state index < -0.39 is 18.1 Å². The topological polar surface area (TPSA) is 55.1 Å². The summed E-state index contributed by atoms with van der Waals surface area (Å²) in [6.07, 6.45) is -4.89. The molecule has 0 unspecified atom stereocenters. The molecule has 1 aromatic carbocycles. The second-order valence-corrected chi connectivity index (χ2v) is 4.58. The van der Waals surface area contributed by atoms with Gasteiger partial charge in [0.1, 0.15) is 11.8 Å². The van der Waals surface area contributed by atoms with Gasteiger partial charge >= 0.3 is 6.18 Å². The highest BCUT2D eigenvalue weighted by Gasteiger charge is 2.41. The Hall–Kier alpha value is -2.31. The number of hydrogen-bond acceptors (Lipinski definition) is 3. The monoisotopic (exact) mass is 298 g/mol. The lowest BCUT2D eigenvalue weighted by Gasteiger charge is -2.21. The minimum Gasteiger partial charge on any atom is -0.361 e. The number of aromatic nitrogens is 1. The third-order valence-corrected chi connectivity index (χ3v) is 2.84. The molecule has 1 heterocycles. The van der Waals surface area contributed by atoms with E-state index in [4.69, 9.17) is 0 Å². The van der Waals surface area contributed by atoms with Gasteiger partial charge in [0.2, 0.25) is 0 Å². The first-order valence-corrected chi connectivity index (χ1v) is 6.21. The van der Waals surface area contributed by atoms with Gasteiger partial charge in [-0.3, -0.25) is 4.79 Å². The normalized spacial score (nSPS) is 13.0. The summed E-state index contributed by atoms with van der Waals surface area (Å²) in [6, 6.07) is 7.45. The molecule has 0 aliphatic carbocycles. The maximum atomic E-state index is 13.0. The molecule has 0 aliphatic rings. The van der Waals surface area contributed by atoms with Gasteiger partial charge in [0.05, 0.1) is 0 Å². The highest BCUT2D eigenvalue weighted by molar-refractivity contribution is 5.92. The number of benzene rings is 1. The van der Waals surface area contributed by atoms with Gasteiger partial charge < -0.3 is 9.84 Å². The molecule has 4 nitrogen and oxygen atoms in total. The van der Waals surface area contributed by atoms with Crippen molar-refractivity contribution in [2.45, 2.75) is 25.6 Å². The zero-order valence-corrected chi connectivity index (χ0v) is 11.1. The van der Waals surface area contributed by atoms with E-state index in [2.05, 4.69) is 9.68 Å². The molecule has 0 fully saturated rings. The number of aryl methyl sites for hydroxylation is 1. The molecule has 0 radical (unpaired) electrons. The Balaban J connectivity index is 2.12. The molecule has 0 saturated heterocycles. The van der Waals surface area contributed by atoms with Crippen LogP contribution < -0.4 is 5.32 Å². The Labute approximate surface area is 118 Å². The van der Waals surface area contributed by atoms with Crippen molar-refractivity contribution >= 4 is 5.91 Å². The van der Waals surface area contributed by atoms with Gasteiger partial charge in [-0.2, -0.15) is 13.2 Å². The predicted molar refractivity (Wildman–Crippen MR) is 68.7 cm³/mol. The number of nitrogens with one attached hydrogen (secondary N) is 1. The van der Waals surface area contributed by atoms with Gasteiger partial charge in [-0.15, -0.1) is 0 Å². The molecule has 1 amide bonds. The van der Waals surface area contributed by atoms with Crippen molar-refractivity contribution in [1.82, 2.24) is 10.5 Å². The van der Waals surface area contributed by atoms with Crippen LogP contribution in [0.3, 0.4) is 0 Å². The van der Waals surface area contributed by atoms with E-state index in [1.807, 2.05) is 5.32 Å². The quantitative estimate of drug-likeness (QED) is 0.944. The van der Waals surface area contributed by atoms with Gasteiger partial charge in [0.15, 0.2) is 5.69 Å². The minimum absolute atomic E-state index is 0.171. The SMILES string of the molecule is Cc1cc(C(=O)N[C@H](Cc2ccccc2)C(F)(F)F)no1. The molecule has 1 aromatic heterocycles. The number of alkyl halides is 3. The zero-order chi connectivity index (χ0) is 15.5. The van der Waals surface area contributed by atoms with Crippen molar-refractivity contribution in [1.29, 1.82) is 0 Å². The van der Waals surface area contributed by atoms with E-state index in [1.165, 1.54) is 6.07 Å². The molecule has 2 rings (SSSR count). The van der Waals surface area contributed by atoms with Gasteiger partial charge in [-0.05, 0) is 12.5 Å². The number of hydrogen-bond donors (Lipinski definition) is 1. The number of carbonyl (C=O) groups excluding carboxylic acids is 1. The first kappa shape index (κ1) is 15.1. The van der Waals surface area contributed by atoms with Crippen LogP contribution in [0.1, 0.15) is 21.8 Å². The molecular formula is C14H13F3N2O2. The molecule has 1 N–H and O–H groups in total. The summed E-state index contributed by atoms with van der Waals surface area (Å²) in [5.41, 5.74) is 0.311. The van der Waals surface area contributed by atoms with Gasteiger partial charge in [-0.1, -0.05) is 35.5 Å². The van der Waals surface area contributed by atoms with Crippen LogP contribution in [0.2, 0.25) is 0 Å². The average molecular weight is 298 g/mol. The van der Waals surface area contributed by atoms with E-state index >= 15 is 0 Å². The average Bonchev–Trinajstić information content (AvgIpc) is 2.85. The summed E-state index contributed by atoms with van der Waals surface area (Å²) >= 11 is 0. The maximum Gasteiger partial charge on any atom is 0.408 e. The predicted octanol–water partition coefficient (Wildman–Crippen LogP) is 2.89. The van der Waals surface area contributed by atoms with Crippen LogP contribution in [0.5, 0.6) is 0 Å². The van der Waals surface area contributed by atoms with Crippen LogP contribution in [0.15, 0.2) is 40.9 Å². The van der Waals surface area contributed by atoms with Gasteiger partial charge in [0, 0.05) is 12.5 Å². The van der Waals surface area contributed by atoms with Crippen LogP contribution in [0.25, 0.3) is 0 Å². The molecule has 0 spiro atoms. The first-order valence-electron chi connectivity index (χ1n) is 6.21. The van der Waals surface area contributed by atoms with Crippen LogP contribution >= 0.6 is 0 Å². The largest absolute Gasteiger partial charge is 0.408 e. The first-order chi connectivity index (χ1) is 9.86. The van der Waals surface area contributed by atoms with E-state index in [0.29, 0.717) is 11.3 Å². The zero-order valence-electron chi connectivity index (χ0n) is 11.1. The Morgan fingerprint density at radius 3 is 2.52 bits per heavy atom. The highest BCUT2D eigenvalue weighted by Crippen LogP contribution is 2.23. The fourth-order valence-electron chi connectivity index (χ4n) is 1.80. The Morgan fingerprint density at radius 2 is 2.00 bits per heavy atom. The van der Waals surface area contributed by atoms with Gasteiger partial charge in [0.25, 0.3) is 5.91 Å². The lowest BCUT2D eigenvalue weighted by molar-refractivity contribution is -0.153. The van der Waals surface area contributed by atoms with Crippen LogP contribution in [-0.4, -0.2) is 23.3 Å². The molecule has 7 heteroatoms. The summed E-state index contributed by atoms with van der Waals surface area (Å²) in [6.45, 7) is 1.55. The second kappa shape index (κ2) is 5.99. The van der Waals surface area contributed by atoms with Gasteiger partial charge in [-0.25, -0.2) is 0 Å². The summed E-state index contributed by atoms with van der Waals surface area (Å²) in [7, 11) is 0. The summed E-state index contributed by atoms with van der Waals surface area (Å²) in [5.74, 6) is -0.558. The summed E-state index contributed by atoms with van der Waals surface area (Å²) in [4.78, 5) is 11.8. The van der Waals surface area contributed by atoms with Crippen LogP contribution in [0, 0.1) is 6.92 Å². The number of halogens is 3. The minimum atomic E-state index is -4.55. The van der Waals surface area contributed by atoms with Crippen molar-refractivity contribution < 1.29 is 22.5 Å². The number of amides is 1. The van der Waals surface area contributed by atoms with Crippen molar-refractivity contribution in [3.05, 3.63) is 53.4 Å². The number of carbonyl (C=O) groups is 1. The maximum absolute atomic E-state index is 13.0. The number of nitrogens with zero attached hydrogens (tertiary/aromatic N) is 1. The molecule has 1 atom stereocenters. The third kappa shape index (κ3) is 4.08. The van der Waals surface area contributed by atoms with E-state index in [-0.39, 0.29) is 12.1 Å². The lowest BCUT2D eigenvalue weighted by Crippen LogP contribution is -2.46. The van der Waals surface area contributed by atoms with Crippen LogP contribution in [0.4, 0.5) is 13.2 Å². The summed E-state index contributed by atoms with van der Waals surface area (Å²) < 4.78 is 43.8. The van der Waals surface area contributed by atoms with Crippen molar-refractivity contribution in [3.63, 3.8) is 0 Å². The molecule has 2 aromatic rings. The highest BCUT2D eigenvalue weighted by atomic mass is 19.4. The number of rotatable bonds is 4. The fourth-order valence-corrected chi connectivity index (χ4v) is 1.80. The van der Waals surface area contributed by atoms with E-state index in [9.17, 15) is 18.0 Å². The van der Waals surface area contributed by atoms with Crippen LogP contribution in [-0.2, 0) is 6.42 Å². The van der Waals surface area contributed by atoms with E-state index in [1.54, 1.807) is 37.3 Å². The molecule has 0 aliphatic heterocycles. The third-order valence-electron chi connectivity index (χ3n) is 2.84. The lowest BCUT2D eigenvalue weighted by atomic mass is 10.1. The molecule has 21 heavy (non-hydrogen) atoms. The van der Waals surface area contributed by atoms with E-state index in [0.717, 1.165) is 0 Å². The van der Waals surface area contributed by atoms with Crippen molar-refractivity contribution in [3.8, 4) is 0 Å². The molecule has 112 valence electrons. The standard InChI is InChI=1S/C14H13F3N2O2/c1-9-7-11(19-21-9)13(20)18-12(14(15,16)17)8-10-5-3-2-4-6-10/h2-7,12H,8H2,1H3,(H,18,20)/t12-/m1/s1. The Morgan fingerprint density at radius 1 is 1.33 bits per heavy atom. The summed E-state index contributed by atoms with van der Waals surface area (Å²) in [5, 5.41) is 5.35. The smallest absolute Gasteiger partial charge is 0.361 e. The fraction of sp³-hybridized carbons (Fsp3) is 0.286. The second-order valence-electron chi connectivity index (χ2n) is 4.58. The Bertz CT molecular complexity index is 608. The molecule has 0 saturated carbocycles. The Kier molecular flexibility index (Phi) is 4.30. The van der Waals surface area contributed by atoms with Crippen molar-refractivity contribution in [2.75, 3.05) is 0 Å². The molecular weight excluding hydrogens is 285 g/mol. The van der Waals surface area contributed by atoms with Crippen molar-refractivity contribution in [2.24, 2.45) is 0 Å².